The number of nitrogens with one attached hydrogen (secondary N) is 1. The van der Waals surface area contributed by atoms with E-state index in [1.807, 2.05) is 25.9 Å². The predicted molar refractivity (Wildman–Crippen MR) is 190 cm³/mol. The van der Waals surface area contributed by atoms with Crippen molar-refractivity contribution < 1.29 is 63.5 Å². The molecule has 0 aliphatic carbocycles. The molecular weight excluding hydrogens is 680 g/mol. The number of amides is 1. The summed E-state index contributed by atoms with van der Waals surface area (Å²) in [4.78, 5) is 29.4. The van der Waals surface area contributed by atoms with Crippen LogP contribution in [0.25, 0.3) is 0 Å². The minimum absolute atomic E-state index is 0.0591. The second kappa shape index (κ2) is 17.5. The second-order valence-electron chi connectivity index (χ2n) is 16.6. The lowest BCUT2D eigenvalue weighted by molar-refractivity contribution is -0.317. The SMILES string of the molecule is CC[C@H]1OC(=O)[C@H](C)[C@@H](O[C@H]2C[C@@](C)(OC)[C@@H](O)[C@H](C)O2)[C@H](C)[C@@H](O[C@@H]2O[C@H](C)C[C@H](N(C)C)[C@H]2O)[C@](C)(O)C[C@@H](C)NC(=O)[C@H](C)[C@@H](O)[C@]1(C)O. The molecule has 3 saturated heterocycles. The van der Waals surface area contributed by atoms with Gasteiger partial charge in [-0.05, 0) is 81.8 Å². The number of likely N-dealkylation sites (N-methyl/N-ethyl adjacent to an activating group) is 1. The number of rotatable bonds is 7. The van der Waals surface area contributed by atoms with E-state index in [1.54, 1.807) is 48.5 Å². The van der Waals surface area contributed by atoms with E-state index in [9.17, 15) is 35.1 Å². The van der Waals surface area contributed by atoms with Gasteiger partial charge >= 0.3 is 5.97 Å². The fourth-order valence-corrected chi connectivity index (χ4v) is 8.27. The summed E-state index contributed by atoms with van der Waals surface area (Å²) in [6.07, 6.45) is -9.68. The highest BCUT2D eigenvalue weighted by atomic mass is 16.7. The molecule has 1 amide bonds. The van der Waals surface area contributed by atoms with Crippen molar-refractivity contribution >= 4 is 11.9 Å². The lowest BCUT2D eigenvalue weighted by Crippen LogP contribution is -2.61. The van der Waals surface area contributed by atoms with Crippen molar-refractivity contribution in [2.45, 2.75) is 185 Å². The Morgan fingerprint density at radius 1 is 0.904 bits per heavy atom. The van der Waals surface area contributed by atoms with Crippen LogP contribution in [0.3, 0.4) is 0 Å². The number of hydrogen-bond acceptors (Lipinski definition) is 14. The molecule has 52 heavy (non-hydrogen) atoms. The van der Waals surface area contributed by atoms with Crippen LogP contribution in [0.5, 0.6) is 0 Å². The monoisotopic (exact) mass is 748 g/mol. The van der Waals surface area contributed by atoms with Gasteiger partial charge in [-0.2, -0.15) is 0 Å². The molecule has 6 N–H and O–H groups in total. The molecule has 0 unspecified atom stereocenters. The Morgan fingerprint density at radius 3 is 2.08 bits per heavy atom. The largest absolute Gasteiger partial charge is 0.459 e. The molecule has 304 valence electrons. The van der Waals surface area contributed by atoms with Gasteiger partial charge in [0, 0.05) is 31.5 Å². The zero-order valence-corrected chi connectivity index (χ0v) is 33.4. The highest BCUT2D eigenvalue weighted by Gasteiger charge is 2.53. The van der Waals surface area contributed by atoms with Crippen molar-refractivity contribution in [2.24, 2.45) is 17.8 Å². The number of hydrogen-bond donors (Lipinski definition) is 6. The number of carbonyl (C=O) groups is 2. The highest BCUT2D eigenvalue weighted by molar-refractivity contribution is 5.79. The van der Waals surface area contributed by atoms with E-state index in [-0.39, 0.29) is 31.4 Å². The summed E-state index contributed by atoms with van der Waals surface area (Å²) in [5, 5.41) is 60.4. The third-order valence-electron chi connectivity index (χ3n) is 11.7. The van der Waals surface area contributed by atoms with Crippen LogP contribution in [0.2, 0.25) is 0 Å². The zero-order chi connectivity index (χ0) is 39.7. The smallest absolute Gasteiger partial charge is 0.311 e. The molecule has 0 aromatic rings. The Hall–Kier alpha value is -1.50. The van der Waals surface area contributed by atoms with Crippen LogP contribution in [-0.2, 0) is 38.0 Å². The summed E-state index contributed by atoms with van der Waals surface area (Å²) in [5.41, 5.74) is -4.82. The van der Waals surface area contributed by atoms with Gasteiger partial charge in [0.2, 0.25) is 5.91 Å². The van der Waals surface area contributed by atoms with E-state index >= 15 is 0 Å². The third kappa shape index (κ3) is 9.83. The molecule has 3 aliphatic rings. The van der Waals surface area contributed by atoms with Crippen LogP contribution in [0.1, 0.15) is 94.9 Å². The van der Waals surface area contributed by atoms with Gasteiger partial charge in [-0.3, -0.25) is 9.59 Å². The molecule has 0 spiro atoms. The predicted octanol–water partition coefficient (Wildman–Crippen LogP) is 1.09. The normalized spacial score (nSPS) is 49.1. The molecule has 0 radical (unpaired) electrons. The number of ether oxygens (including phenoxy) is 6. The van der Waals surface area contributed by atoms with Crippen LogP contribution >= 0.6 is 0 Å². The van der Waals surface area contributed by atoms with Gasteiger partial charge in [0.15, 0.2) is 12.6 Å². The third-order valence-corrected chi connectivity index (χ3v) is 11.7. The van der Waals surface area contributed by atoms with Crippen LogP contribution in [0.15, 0.2) is 0 Å². The van der Waals surface area contributed by atoms with E-state index in [2.05, 4.69) is 5.32 Å². The average molecular weight is 749 g/mol. The van der Waals surface area contributed by atoms with E-state index in [0.29, 0.717) is 6.42 Å². The van der Waals surface area contributed by atoms with Crippen molar-refractivity contribution in [3.05, 3.63) is 0 Å². The Balaban J connectivity index is 2.18. The summed E-state index contributed by atoms with van der Waals surface area (Å²) < 4.78 is 37.1. The van der Waals surface area contributed by atoms with E-state index < -0.39 is 108 Å². The molecule has 18 atom stereocenters. The minimum atomic E-state index is -2.02. The molecule has 3 rings (SSSR count). The van der Waals surface area contributed by atoms with Gasteiger partial charge in [0.1, 0.15) is 23.9 Å². The standard InChI is InChI=1S/C37H68N2O13/c1-14-25-37(10,46)29(41)22(6)32(43)38-18(2)16-35(8,45)31(52-34-27(40)24(39(11)12)15-19(3)48-34)20(4)28(21(5)33(44)50-25)51-26-17-36(9,47-13)30(42)23(7)49-26/h18-31,34,40-42,45-46H,14-17H2,1-13H3,(H,38,43)/t18-,19-,20+,21-,22-,23+,24+,25-,26+,27-,28+,29-,30+,31-,34+,35-,36-,37-/m1/s1. The first kappa shape index (κ1) is 44.9. The summed E-state index contributed by atoms with van der Waals surface area (Å²) in [5.74, 6) is -4.40. The number of cyclic esters (lactones) is 1. The molecule has 0 aromatic heterocycles. The summed E-state index contributed by atoms with van der Waals surface area (Å²) in [6.45, 7) is 16.4. The van der Waals surface area contributed by atoms with Gasteiger partial charge in [0.05, 0.1) is 53.6 Å². The maximum Gasteiger partial charge on any atom is 0.311 e. The van der Waals surface area contributed by atoms with Crippen molar-refractivity contribution in [1.29, 1.82) is 0 Å². The van der Waals surface area contributed by atoms with Gasteiger partial charge < -0.3 is 64.2 Å². The molecule has 3 heterocycles. The molecule has 15 nitrogen and oxygen atoms in total. The molecule has 15 heteroatoms. The van der Waals surface area contributed by atoms with Gasteiger partial charge in [-0.15, -0.1) is 0 Å². The first-order valence-electron chi connectivity index (χ1n) is 18.7. The van der Waals surface area contributed by atoms with Crippen molar-refractivity contribution in [3.63, 3.8) is 0 Å². The van der Waals surface area contributed by atoms with Gasteiger partial charge in [-0.25, -0.2) is 0 Å². The number of nitrogens with zero attached hydrogens (tertiary/aromatic N) is 1. The fraction of sp³-hybridized carbons (Fsp3) is 0.946. The summed E-state index contributed by atoms with van der Waals surface area (Å²) >= 11 is 0. The lowest BCUT2D eigenvalue weighted by Gasteiger charge is -2.48. The molecule has 3 fully saturated rings. The van der Waals surface area contributed by atoms with Gasteiger partial charge in [-0.1, -0.05) is 20.8 Å². The minimum Gasteiger partial charge on any atom is -0.459 e. The Labute approximate surface area is 309 Å². The first-order valence-corrected chi connectivity index (χ1v) is 18.7. The van der Waals surface area contributed by atoms with Crippen molar-refractivity contribution in [2.75, 3.05) is 21.2 Å². The summed E-state index contributed by atoms with van der Waals surface area (Å²) in [6, 6.07) is -0.989. The maximum absolute atomic E-state index is 14.1. The van der Waals surface area contributed by atoms with Crippen LogP contribution < -0.4 is 5.32 Å². The van der Waals surface area contributed by atoms with E-state index in [1.165, 1.54) is 21.0 Å². The average Bonchev–Trinajstić information content (AvgIpc) is 3.05. The highest BCUT2D eigenvalue weighted by Crippen LogP contribution is 2.39. The number of aliphatic hydroxyl groups excluding tert-OH is 3. The Bertz CT molecular complexity index is 1190. The Morgan fingerprint density at radius 2 is 1.52 bits per heavy atom. The zero-order valence-electron chi connectivity index (χ0n) is 33.4. The van der Waals surface area contributed by atoms with Crippen LogP contribution in [0, 0.1) is 17.8 Å². The second-order valence-corrected chi connectivity index (χ2v) is 16.6. The molecule has 0 aromatic carbocycles. The Kier molecular flexibility index (Phi) is 15.1. The quantitative estimate of drug-likeness (QED) is 0.202. The van der Waals surface area contributed by atoms with Gasteiger partial charge in [0.25, 0.3) is 0 Å². The first-order chi connectivity index (χ1) is 23.9. The number of aliphatic hydroxyl groups is 5. The topological polar surface area (TPSA) is 206 Å². The summed E-state index contributed by atoms with van der Waals surface area (Å²) in [7, 11) is 5.18. The van der Waals surface area contributed by atoms with E-state index in [0.717, 1.165) is 0 Å². The maximum atomic E-state index is 14.1. The van der Waals surface area contributed by atoms with Crippen LogP contribution in [-0.4, -0.2) is 154 Å². The molecule has 0 bridgehead atoms. The number of methoxy groups -OCH3 is 1. The number of carbonyl (C=O) groups excluding carboxylic acids is 2. The number of esters is 1. The van der Waals surface area contributed by atoms with Crippen LogP contribution in [0.4, 0.5) is 0 Å². The fourth-order valence-electron chi connectivity index (χ4n) is 8.27. The van der Waals surface area contributed by atoms with E-state index in [4.69, 9.17) is 28.4 Å². The molecule has 3 aliphatic heterocycles. The molecular formula is C37H68N2O13. The molecule has 0 saturated carbocycles. The van der Waals surface area contributed by atoms with Crippen molar-refractivity contribution in [3.8, 4) is 0 Å². The lowest BCUT2D eigenvalue weighted by atomic mass is 9.78. The van der Waals surface area contributed by atoms with Crippen molar-refractivity contribution in [1.82, 2.24) is 10.2 Å².